The Morgan fingerprint density at radius 3 is 2.63 bits per heavy atom. The Kier molecular flexibility index (Phi) is 5.74. The second-order valence-electron chi connectivity index (χ2n) is 6.10. The molecule has 1 atom stereocenters. The molecular weight excluding hydrogens is 362 g/mol. The SMILES string of the molecule is COc1cccc(CC(N)c2ccccc2-c2noc3ccccc23)n1.Cl. The number of fused-ring (bicyclic) bond motifs is 1. The lowest BCUT2D eigenvalue weighted by Crippen LogP contribution is -2.15. The second kappa shape index (κ2) is 8.20. The maximum Gasteiger partial charge on any atom is 0.213 e. The van der Waals surface area contributed by atoms with Gasteiger partial charge in [-0.25, -0.2) is 4.98 Å². The van der Waals surface area contributed by atoms with Gasteiger partial charge in [0.25, 0.3) is 0 Å². The average molecular weight is 382 g/mol. The molecule has 4 rings (SSSR count). The van der Waals surface area contributed by atoms with Gasteiger partial charge in [0.2, 0.25) is 5.88 Å². The first-order valence-electron chi connectivity index (χ1n) is 8.45. The van der Waals surface area contributed by atoms with Crippen LogP contribution in [0.15, 0.2) is 71.3 Å². The Hall–Kier alpha value is -2.89. The zero-order chi connectivity index (χ0) is 17.9. The molecule has 0 fully saturated rings. The van der Waals surface area contributed by atoms with Crippen LogP contribution in [-0.2, 0) is 6.42 Å². The summed E-state index contributed by atoms with van der Waals surface area (Å²) in [5.41, 5.74) is 11.0. The first-order valence-corrected chi connectivity index (χ1v) is 8.45. The summed E-state index contributed by atoms with van der Waals surface area (Å²) in [6.45, 7) is 0. The molecule has 2 heterocycles. The van der Waals surface area contributed by atoms with Gasteiger partial charge in [0.15, 0.2) is 5.58 Å². The summed E-state index contributed by atoms with van der Waals surface area (Å²) in [7, 11) is 1.61. The summed E-state index contributed by atoms with van der Waals surface area (Å²) < 4.78 is 10.7. The smallest absolute Gasteiger partial charge is 0.213 e. The van der Waals surface area contributed by atoms with E-state index in [2.05, 4.69) is 10.1 Å². The van der Waals surface area contributed by atoms with Crippen LogP contribution in [0.25, 0.3) is 22.2 Å². The molecule has 2 N–H and O–H groups in total. The molecule has 0 aliphatic heterocycles. The first-order chi connectivity index (χ1) is 12.8. The van der Waals surface area contributed by atoms with Gasteiger partial charge in [-0.15, -0.1) is 12.4 Å². The highest BCUT2D eigenvalue weighted by atomic mass is 35.5. The van der Waals surface area contributed by atoms with Crippen LogP contribution in [-0.4, -0.2) is 17.3 Å². The zero-order valence-corrected chi connectivity index (χ0v) is 15.6. The van der Waals surface area contributed by atoms with Gasteiger partial charge in [0.05, 0.1) is 7.11 Å². The van der Waals surface area contributed by atoms with Crippen molar-refractivity contribution in [3.05, 3.63) is 78.0 Å². The van der Waals surface area contributed by atoms with E-state index in [9.17, 15) is 0 Å². The number of hydrogen-bond donors (Lipinski definition) is 1. The third-order valence-corrected chi connectivity index (χ3v) is 4.41. The van der Waals surface area contributed by atoms with Gasteiger partial charge in [0.1, 0.15) is 5.69 Å². The van der Waals surface area contributed by atoms with E-state index >= 15 is 0 Å². The Bertz CT molecular complexity index is 1050. The number of rotatable bonds is 5. The number of benzene rings is 2. The summed E-state index contributed by atoms with van der Waals surface area (Å²) in [6.07, 6.45) is 0.601. The fraction of sp³-hybridized carbons (Fsp3) is 0.143. The highest BCUT2D eigenvalue weighted by Gasteiger charge is 2.18. The van der Waals surface area contributed by atoms with Crippen molar-refractivity contribution in [2.24, 2.45) is 5.73 Å². The maximum atomic E-state index is 6.53. The number of aromatic nitrogens is 2. The van der Waals surface area contributed by atoms with Gasteiger partial charge in [-0.05, 0) is 23.8 Å². The summed E-state index contributed by atoms with van der Waals surface area (Å²) >= 11 is 0. The van der Waals surface area contributed by atoms with Crippen molar-refractivity contribution in [1.82, 2.24) is 10.1 Å². The molecule has 0 radical (unpaired) electrons. The highest BCUT2D eigenvalue weighted by Crippen LogP contribution is 2.33. The summed E-state index contributed by atoms with van der Waals surface area (Å²) in [4.78, 5) is 4.46. The van der Waals surface area contributed by atoms with Crippen molar-refractivity contribution in [3.63, 3.8) is 0 Å². The van der Waals surface area contributed by atoms with E-state index in [0.29, 0.717) is 12.3 Å². The van der Waals surface area contributed by atoms with Crippen LogP contribution in [0.5, 0.6) is 5.88 Å². The van der Waals surface area contributed by atoms with E-state index in [1.165, 1.54) is 0 Å². The molecule has 0 aliphatic carbocycles. The minimum absolute atomic E-state index is 0. The molecule has 0 saturated carbocycles. The molecule has 6 heteroatoms. The number of nitrogens with two attached hydrogens (primary N) is 1. The van der Waals surface area contributed by atoms with Crippen molar-refractivity contribution in [2.75, 3.05) is 7.11 Å². The van der Waals surface area contributed by atoms with Crippen LogP contribution in [0.2, 0.25) is 0 Å². The van der Waals surface area contributed by atoms with Crippen LogP contribution in [0, 0.1) is 0 Å². The lowest BCUT2D eigenvalue weighted by atomic mass is 9.94. The molecule has 0 bridgehead atoms. The van der Waals surface area contributed by atoms with Crippen molar-refractivity contribution in [3.8, 4) is 17.1 Å². The fourth-order valence-corrected chi connectivity index (χ4v) is 3.14. The molecule has 4 aromatic rings. The quantitative estimate of drug-likeness (QED) is 0.548. The van der Waals surface area contributed by atoms with E-state index in [4.69, 9.17) is 15.0 Å². The largest absolute Gasteiger partial charge is 0.481 e. The van der Waals surface area contributed by atoms with Gasteiger partial charge >= 0.3 is 0 Å². The normalized spacial score (nSPS) is 11.8. The van der Waals surface area contributed by atoms with Gasteiger partial charge in [-0.3, -0.25) is 0 Å². The van der Waals surface area contributed by atoms with Gasteiger partial charge in [-0.2, -0.15) is 0 Å². The molecule has 2 aromatic heterocycles. The molecule has 0 aliphatic rings. The van der Waals surface area contributed by atoms with Crippen LogP contribution >= 0.6 is 12.4 Å². The van der Waals surface area contributed by atoms with Crippen LogP contribution in [0.3, 0.4) is 0 Å². The lowest BCUT2D eigenvalue weighted by molar-refractivity contribution is 0.396. The Morgan fingerprint density at radius 1 is 1.00 bits per heavy atom. The molecule has 138 valence electrons. The zero-order valence-electron chi connectivity index (χ0n) is 14.8. The van der Waals surface area contributed by atoms with E-state index in [1.54, 1.807) is 7.11 Å². The predicted molar refractivity (Wildman–Crippen MR) is 108 cm³/mol. The molecule has 0 saturated heterocycles. The van der Waals surface area contributed by atoms with Gasteiger partial charge in [0, 0.05) is 35.2 Å². The van der Waals surface area contributed by atoms with Crippen LogP contribution < -0.4 is 10.5 Å². The Balaban J connectivity index is 0.00000210. The predicted octanol–water partition coefficient (Wildman–Crippen LogP) is 4.56. The topological polar surface area (TPSA) is 74.2 Å². The van der Waals surface area contributed by atoms with Gasteiger partial charge in [-0.1, -0.05) is 47.6 Å². The van der Waals surface area contributed by atoms with E-state index in [0.717, 1.165) is 33.5 Å². The Morgan fingerprint density at radius 2 is 1.78 bits per heavy atom. The van der Waals surface area contributed by atoms with Crippen molar-refractivity contribution >= 4 is 23.4 Å². The summed E-state index contributed by atoms with van der Waals surface area (Å²) in [5.74, 6) is 0.588. The number of pyridine rings is 1. The van der Waals surface area contributed by atoms with Crippen molar-refractivity contribution in [2.45, 2.75) is 12.5 Å². The third kappa shape index (κ3) is 3.79. The van der Waals surface area contributed by atoms with Gasteiger partial charge < -0.3 is 15.0 Å². The summed E-state index contributed by atoms with van der Waals surface area (Å²) in [6, 6.07) is 21.3. The lowest BCUT2D eigenvalue weighted by Gasteiger charge is -2.15. The average Bonchev–Trinajstić information content (AvgIpc) is 3.12. The minimum Gasteiger partial charge on any atom is -0.481 e. The standard InChI is InChI=1S/C21H19N3O2.ClH/c1-25-20-12-6-7-14(23-20)13-18(22)15-8-2-3-9-16(15)21-17-10-4-5-11-19(17)26-24-21;/h2-12,18H,13,22H2,1H3;1H. The molecule has 1 unspecified atom stereocenters. The highest BCUT2D eigenvalue weighted by molar-refractivity contribution is 5.92. The number of para-hydroxylation sites is 1. The maximum absolute atomic E-state index is 6.53. The van der Waals surface area contributed by atoms with Crippen LogP contribution in [0.1, 0.15) is 17.3 Å². The molecule has 5 nitrogen and oxygen atoms in total. The minimum atomic E-state index is -0.221. The molecule has 0 amide bonds. The number of hydrogen-bond acceptors (Lipinski definition) is 5. The van der Waals surface area contributed by atoms with Crippen LogP contribution in [0.4, 0.5) is 0 Å². The number of methoxy groups -OCH3 is 1. The molecule has 0 spiro atoms. The number of halogens is 1. The molecule has 2 aromatic carbocycles. The fourth-order valence-electron chi connectivity index (χ4n) is 3.14. The third-order valence-electron chi connectivity index (χ3n) is 4.41. The molecule has 27 heavy (non-hydrogen) atoms. The number of nitrogens with zero attached hydrogens (tertiary/aromatic N) is 2. The van der Waals surface area contributed by atoms with Crippen molar-refractivity contribution in [1.29, 1.82) is 0 Å². The summed E-state index contributed by atoms with van der Waals surface area (Å²) in [5, 5.41) is 5.26. The first kappa shape index (κ1) is 18.9. The molecular formula is C21H20ClN3O2. The van der Waals surface area contributed by atoms with E-state index in [-0.39, 0.29) is 18.4 Å². The Labute approximate surface area is 163 Å². The van der Waals surface area contributed by atoms with Crippen molar-refractivity contribution < 1.29 is 9.26 Å². The second-order valence-corrected chi connectivity index (χ2v) is 6.10. The van der Waals surface area contributed by atoms with E-state index < -0.39 is 0 Å². The number of ether oxygens (including phenoxy) is 1. The van der Waals surface area contributed by atoms with E-state index in [1.807, 2.05) is 66.7 Å². The monoisotopic (exact) mass is 381 g/mol.